The van der Waals surface area contributed by atoms with Gasteiger partial charge in [-0.05, 0) is 0 Å². The van der Waals surface area contributed by atoms with E-state index < -0.39 is 5.97 Å². The van der Waals surface area contributed by atoms with Crippen LogP contribution >= 0.6 is 0 Å². The summed E-state index contributed by atoms with van der Waals surface area (Å²) in [6.07, 6.45) is 1.12. The third-order valence-corrected chi connectivity index (χ3v) is 2.56. The van der Waals surface area contributed by atoms with Crippen LogP contribution in [0.2, 0.25) is 0 Å². The number of ether oxygens (including phenoxy) is 7. The van der Waals surface area contributed by atoms with Gasteiger partial charge in [0.1, 0.15) is 6.61 Å². The van der Waals surface area contributed by atoms with Crippen LogP contribution in [-0.2, 0) is 38.0 Å². The first-order valence-corrected chi connectivity index (χ1v) is 7.98. The summed E-state index contributed by atoms with van der Waals surface area (Å²) in [5.41, 5.74) is 0. The molecule has 0 aromatic rings. The van der Waals surface area contributed by atoms with E-state index in [1.54, 1.807) is 7.11 Å². The van der Waals surface area contributed by atoms with E-state index in [2.05, 4.69) is 6.58 Å². The molecular weight excluding hydrogens is 320 g/mol. The highest BCUT2D eigenvalue weighted by atomic mass is 16.6. The van der Waals surface area contributed by atoms with E-state index in [4.69, 9.17) is 33.2 Å². The Morgan fingerprint density at radius 2 is 1.00 bits per heavy atom. The Morgan fingerprint density at radius 3 is 1.33 bits per heavy atom. The Labute approximate surface area is 143 Å². The lowest BCUT2D eigenvalue weighted by Gasteiger charge is -2.08. The molecule has 0 aromatic heterocycles. The molecular formula is C16H30O8. The van der Waals surface area contributed by atoms with Crippen LogP contribution in [0.5, 0.6) is 0 Å². The normalized spacial score (nSPS) is 10.7. The lowest BCUT2D eigenvalue weighted by atomic mass is 10.6. The Balaban J connectivity index is 3.00. The molecule has 0 N–H and O–H groups in total. The molecule has 8 nitrogen and oxygen atoms in total. The summed E-state index contributed by atoms with van der Waals surface area (Å²) in [5, 5.41) is 0. The molecule has 0 fully saturated rings. The topological polar surface area (TPSA) is 81.7 Å². The van der Waals surface area contributed by atoms with E-state index in [9.17, 15) is 4.79 Å². The van der Waals surface area contributed by atoms with Crippen LogP contribution in [-0.4, -0.2) is 92.4 Å². The van der Waals surface area contributed by atoms with Crippen LogP contribution in [0.25, 0.3) is 0 Å². The van der Waals surface area contributed by atoms with Crippen molar-refractivity contribution in [2.75, 3.05) is 86.4 Å². The number of hydrogen-bond acceptors (Lipinski definition) is 8. The fourth-order valence-corrected chi connectivity index (χ4v) is 1.38. The molecule has 0 spiro atoms. The lowest BCUT2D eigenvalue weighted by Crippen LogP contribution is -2.14. The molecule has 0 atom stereocenters. The van der Waals surface area contributed by atoms with Gasteiger partial charge in [0, 0.05) is 13.2 Å². The number of carbonyl (C=O) groups excluding carboxylic acids is 1. The second kappa shape index (κ2) is 20.0. The Bertz CT molecular complexity index is 285. The summed E-state index contributed by atoms with van der Waals surface area (Å²) in [4.78, 5) is 10.7. The molecule has 0 rings (SSSR count). The van der Waals surface area contributed by atoms with Crippen LogP contribution in [0.4, 0.5) is 0 Å². The summed E-state index contributed by atoms with van der Waals surface area (Å²) >= 11 is 0. The van der Waals surface area contributed by atoms with Gasteiger partial charge in [0.05, 0.1) is 72.7 Å². The summed E-state index contributed by atoms with van der Waals surface area (Å²) < 4.78 is 36.1. The highest BCUT2D eigenvalue weighted by molar-refractivity contribution is 5.81. The van der Waals surface area contributed by atoms with Gasteiger partial charge in [0.15, 0.2) is 0 Å². The van der Waals surface area contributed by atoms with Crippen LogP contribution in [0, 0.1) is 0 Å². The zero-order valence-electron chi connectivity index (χ0n) is 14.5. The standard InChI is InChI=1S/C16H30O8/c1-3-16(17)24-15-14-23-13-12-22-11-10-21-9-8-20-7-6-19-5-4-18-2/h3H,1,4-15H2,2H3. The van der Waals surface area contributed by atoms with Crippen molar-refractivity contribution in [2.24, 2.45) is 0 Å². The SMILES string of the molecule is C=CC(=O)OCCOCCOCCOCCOCCOCCOC. The summed E-state index contributed by atoms with van der Waals surface area (Å²) in [6, 6.07) is 0. The molecule has 142 valence electrons. The highest BCUT2D eigenvalue weighted by Gasteiger charge is 1.96. The average molecular weight is 350 g/mol. The van der Waals surface area contributed by atoms with E-state index in [1.165, 1.54) is 0 Å². The number of methoxy groups -OCH3 is 1. The maximum Gasteiger partial charge on any atom is 0.330 e. The second-order valence-corrected chi connectivity index (χ2v) is 4.43. The van der Waals surface area contributed by atoms with Gasteiger partial charge in [-0.2, -0.15) is 0 Å². The van der Waals surface area contributed by atoms with Crippen LogP contribution in [0.1, 0.15) is 0 Å². The van der Waals surface area contributed by atoms with Gasteiger partial charge in [-0.15, -0.1) is 0 Å². The minimum Gasteiger partial charge on any atom is -0.460 e. The smallest absolute Gasteiger partial charge is 0.330 e. The fraction of sp³-hybridized carbons (Fsp3) is 0.812. The summed E-state index contributed by atoms with van der Waals surface area (Å²) in [6.45, 7) is 9.08. The molecule has 8 heteroatoms. The number of esters is 1. The molecule has 0 heterocycles. The Kier molecular flexibility index (Phi) is 19.2. The van der Waals surface area contributed by atoms with Gasteiger partial charge < -0.3 is 33.2 Å². The molecule has 0 aromatic carbocycles. The molecule has 0 aliphatic rings. The van der Waals surface area contributed by atoms with Gasteiger partial charge in [-0.25, -0.2) is 4.79 Å². The van der Waals surface area contributed by atoms with Crippen molar-refractivity contribution >= 4 is 5.97 Å². The second-order valence-electron chi connectivity index (χ2n) is 4.43. The first kappa shape index (κ1) is 23.0. The van der Waals surface area contributed by atoms with Gasteiger partial charge in [0.2, 0.25) is 0 Å². The predicted molar refractivity (Wildman–Crippen MR) is 87.1 cm³/mol. The molecule has 0 amide bonds. The van der Waals surface area contributed by atoms with Crippen molar-refractivity contribution in [2.45, 2.75) is 0 Å². The van der Waals surface area contributed by atoms with Crippen molar-refractivity contribution in [1.29, 1.82) is 0 Å². The summed E-state index contributed by atoms with van der Waals surface area (Å²) in [7, 11) is 1.64. The molecule has 0 radical (unpaired) electrons. The number of carbonyl (C=O) groups is 1. The zero-order chi connectivity index (χ0) is 17.7. The van der Waals surface area contributed by atoms with E-state index >= 15 is 0 Å². The van der Waals surface area contributed by atoms with E-state index in [-0.39, 0.29) is 6.61 Å². The van der Waals surface area contributed by atoms with Crippen LogP contribution in [0.3, 0.4) is 0 Å². The maximum atomic E-state index is 10.7. The fourth-order valence-electron chi connectivity index (χ4n) is 1.38. The van der Waals surface area contributed by atoms with Crippen LogP contribution in [0.15, 0.2) is 12.7 Å². The summed E-state index contributed by atoms with van der Waals surface area (Å²) in [5.74, 6) is -0.449. The molecule has 0 aliphatic carbocycles. The zero-order valence-corrected chi connectivity index (χ0v) is 14.5. The van der Waals surface area contributed by atoms with Gasteiger partial charge >= 0.3 is 5.97 Å². The predicted octanol–water partition coefficient (Wildman–Crippen LogP) is 0.445. The van der Waals surface area contributed by atoms with Crippen molar-refractivity contribution in [1.82, 2.24) is 0 Å². The third kappa shape index (κ3) is 19.0. The largest absolute Gasteiger partial charge is 0.460 e. The van der Waals surface area contributed by atoms with Crippen LogP contribution < -0.4 is 0 Å². The first-order valence-electron chi connectivity index (χ1n) is 7.98. The molecule has 0 saturated carbocycles. The van der Waals surface area contributed by atoms with E-state index in [0.717, 1.165) is 6.08 Å². The molecule has 24 heavy (non-hydrogen) atoms. The molecule has 0 saturated heterocycles. The molecule has 0 unspecified atom stereocenters. The average Bonchev–Trinajstić information content (AvgIpc) is 2.60. The maximum absolute atomic E-state index is 10.7. The van der Waals surface area contributed by atoms with Crippen molar-refractivity contribution < 1.29 is 38.0 Å². The van der Waals surface area contributed by atoms with Gasteiger partial charge in [0.25, 0.3) is 0 Å². The third-order valence-electron chi connectivity index (χ3n) is 2.56. The molecule has 0 bridgehead atoms. The number of hydrogen-bond donors (Lipinski definition) is 0. The van der Waals surface area contributed by atoms with E-state index in [1.807, 2.05) is 0 Å². The van der Waals surface area contributed by atoms with Crippen molar-refractivity contribution in [3.63, 3.8) is 0 Å². The lowest BCUT2D eigenvalue weighted by molar-refractivity contribution is -0.139. The Hall–Kier alpha value is -1.03. The quantitative estimate of drug-likeness (QED) is 0.189. The number of rotatable bonds is 19. The Morgan fingerprint density at radius 1 is 0.667 bits per heavy atom. The minimum absolute atomic E-state index is 0.214. The first-order chi connectivity index (χ1) is 11.8. The highest BCUT2D eigenvalue weighted by Crippen LogP contribution is 1.85. The molecule has 0 aliphatic heterocycles. The van der Waals surface area contributed by atoms with Gasteiger partial charge in [-0.1, -0.05) is 6.58 Å². The van der Waals surface area contributed by atoms with Crippen molar-refractivity contribution in [3.8, 4) is 0 Å². The minimum atomic E-state index is -0.449. The van der Waals surface area contributed by atoms with E-state index in [0.29, 0.717) is 72.7 Å². The van der Waals surface area contributed by atoms with Gasteiger partial charge in [-0.3, -0.25) is 0 Å². The van der Waals surface area contributed by atoms with Crippen molar-refractivity contribution in [3.05, 3.63) is 12.7 Å². The monoisotopic (exact) mass is 350 g/mol.